The zero-order valence-corrected chi connectivity index (χ0v) is 20.4. The molecule has 9 nitrogen and oxygen atoms in total. The highest BCUT2D eigenvalue weighted by atomic mass is 35.5. The number of halogens is 1. The van der Waals surface area contributed by atoms with Crippen molar-refractivity contribution in [2.45, 2.75) is 6.92 Å². The predicted molar refractivity (Wildman–Crippen MR) is 136 cm³/mol. The second-order valence-corrected chi connectivity index (χ2v) is 8.10. The molecule has 10 heteroatoms. The number of anilines is 1. The fraction of sp³-hybridized carbons (Fsp3) is 0.111. The van der Waals surface area contributed by atoms with Crippen molar-refractivity contribution < 1.29 is 33.1 Å². The fourth-order valence-electron chi connectivity index (χ4n) is 3.48. The van der Waals surface area contributed by atoms with E-state index in [2.05, 4.69) is 12.0 Å². The van der Waals surface area contributed by atoms with Crippen molar-refractivity contribution in [2.75, 3.05) is 18.2 Å². The van der Waals surface area contributed by atoms with Crippen LogP contribution in [0, 0.1) is 0 Å². The van der Waals surface area contributed by atoms with E-state index in [0.717, 1.165) is 5.01 Å². The van der Waals surface area contributed by atoms with Crippen LogP contribution in [0.2, 0.25) is 5.02 Å². The van der Waals surface area contributed by atoms with E-state index in [1.54, 1.807) is 31.2 Å². The van der Waals surface area contributed by atoms with Crippen LogP contribution >= 0.6 is 11.6 Å². The number of furan rings is 1. The number of amides is 2. The summed E-state index contributed by atoms with van der Waals surface area (Å²) in [5, 5.41) is 1.29. The van der Waals surface area contributed by atoms with Gasteiger partial charge in [-0.3, -0.25) is 15.0 Å². The quantitative estimate of drug-likeness (QED) is 0.200. The van der Waals surface area contributed by atoms with E-state index in [4.69, 9.17) is 25.5 Å². The maximum Gasteiger partial charge on any atom is 0.339 e. The standard InChI is InChI=1S/C27H21ClN2O7/c1-3-13-36-27(34)20-14-17(7-11-22(20)28)23-12-10-19(37-23)15-21-24(31)29-30(25(21)32)18-8-5-16(6-9-18)26(33)35-4-2/h3,5-12,14-15H,1,4,13H2,2H3,(H,29,31). The molecule has 1 aliphatic rings. The van der Waals surface area contributed by atoms with Gasteiger partial charge in [0.2, 0.25) is 0 Å². The maximum absolute atomic E-state index is 12.9. The van der Waals surface area contributed by atoms with Crippen molar-refractivity contribution in [1.29, 1.82) is 0 Å². The molecule has 0 spiro atoms. The van der Waals surface area contributed by atoms with E-state index < -0.39 is 23.8 Å². The van der Waals surface area contributed by atoms with Crippen molar-refractivity contribution in [1.82, 2.24) is 5.43 Å². The minimum Gasteiger partial charge on any atom is -0.462 e. The minimum absolute atomic E-state index is 0.0422. The molecule has 2 amide bonds. The highest BCUT2D eigenvalue weighted by Gasteiger charge is 2.35. The zero-order chi connectivity index (χ0) is 26.5. The Morgan fingerprint density at radius 3 is 2.51 bits per heavy atom. The van der Waals surface area contributed by atoms with Crippen LogP contribution in [0.25, 0.3) is 17.4 Å². The van der Waals surface area contributed by atoms with Gasteiger partial charge in [0.05, 0.1) is 28.4 Å². The first kappa shape index (κ1) is 25.5. The molecular formula is C27H21ClN2O7. The number of benzene rings is 2. The molecule has 0 bridgehead atoms. The summed E-state index contributed by atoms with van der Waals surface area (Å²) in [5.74, 6) is -1.66. The van der Waals surface area contributed by atoms with E-state index in [1.807, 2.05) is 0 Å². The minimum atomic E-state index is -0.615. The van der Waals surface area contributed by atoms with Crippen molar-refractivity contribution in [3.05, 3.63) is 94.7 Å². The molecule has 4 rings (SSSR count). The topological polar surface area (TPSA) is 115 Å². The molecule has 2 heterocycles. The third-order valence-corrected chi connectivity index (χ3v) is 5.57. The number of hydrogen-bond donors (Lipinski definition) is 1. The summed E-state index contributed by atoms with van der Waals surface area (Å²) < 4.78 is 15.8. The third-order valence-electron chi connectivity index (χ3n) is 5.24. The molecule has 0 saturated carbocycles. The zero-order valence-electron chi connectivity index (χ0n) is 19.7. The number of rotatable bonds is 8. The molecule has 0 unspecified atom stereocenters. The molecule has 188 valence electrons. The average molecular weight is 521 g/mol. The highest BCUT2D eigenvalue weighted by molar-refractivity contribution is 6.33. The van der Waals surface area contributed by atoms with Crippen LogP contribution in [0.1, 0.15) is 33.4 Å². The van der Waals surface area contributed by atoms with E-state index in [-0.39, 0.29) is 35.1 Å². The van der Waals surface area contributed by atoms with Crippen molar-refractivity contribution in [2.24, 2.45) is 0 Å². The molecule has 1 fully saturated rings. The summed E-state index contributed by atoms with van der Waals surface area (Å²) in [5.41, 5.74) is 3.75. The molecule has 2 aromatic carbocycles. The molecule has 1 saturated heterocycles. The van der Waals surface area contributed by atoms with E-state index in [1.165, 1.54) is 42.5 Å². The Hall–Kier alpha value is -4.63. The second kappa shape index (κ2) is 11.0. The first-order chi connectivity index (χ1) is 17.8. The van der Waals surface area contributed by atoms with Gasteiger partial charge in [0.25, 0.3) is 11.8 Å². The monoisotopic (exact) mass is 520 g/mol. The van der Waals surface area contributed by atoms with Gasteiger partial charge in [0.1, 0.15) is 23.7 Å². The molecule has 1 aliphatic heterocycles. The lowest BCUT2D eigenvalue weighted by Gasteiger charge is -2.14. The smallest absolute Gasteiger partial charge is 0.339 e. The van der Waals surface area contributed by atoms with Crippen LogP contribution in [-0.2, 0) is 19.1 Å². The maximum atomic E-state index is 12.9. The average Bonchev–Trinajstić information content (AvgIpc) is 3.48. The predicted octanol–water partition coefficient (Wildman–Crippen LogP) is 4.58. The van der Waals surface area contributed by atoms with Gasteiger partial charge in [-0.15, -0.1) is 0 Å². The van der Waals surface area contributed by atoms with Crippen LogP contribution in [-0.4, -0.2) is 37.0 Å². The summed E-state index contributed by atoms with van der Waals surface area (Å²) >= 11 is 6.13. The molecule has 37 heavy (non-hydrogen) atoms. The molecular weight excluding hydrogens is 500 g/mol. The second-order valence-electron chi connectivity index (χ2n) is 7.69. The van der Waals surface area contributed by atoms with E-state index in [9.17, 15) is 19.2 Å². The molecule has 1 aromatic heterocycles. The number of ether oxygens (including phenoxy) is 2. The Morgan fingerprint density at radius 2 is 1.81 bits per heavy atom. The van der Waals surface area contributed by atoms with E-state index >= 15 is 0 Å². The third kappa shape index (κ3) is 5.46. The molecule has 3 aromatic rings. The number of esters is 2. The largest absolute Gasteiger partial charge is 0.462 e. The van der Waals surface area contributed by atoms with Crippen LogP contribution in [0.3, 0.4) is 0 Å². The van der Waals surface area contributed by atoms with Gasteiger partial charge in [-0.1, -0.05) is 24.3 Å². The van der Waals surface area contributed by atoms with Crippen LogP contribution in [0.4, 0.5) is 5.69 Å². The van der Waals surface area contributed by atoms with E-state index in [0.29, 0.717) is 22.6 Å². The van der Waals surface area contributed by atoms with Crippen molar-refractivity contribution >= 4 is 47.1 Å². The Morgan fingerprint density at radius 1 is 1.05 bits per heavy atom. The van der Waals surface area contributed by atoms with Gasteiger partial charge in [-0.05, 0) is 67.6 Å². The SMILES string of the molecule is C=CCOC(=O)c1cc(-c2ccc(C=C3C(=O)NN(c4ccc(C(=O)OCC)cc4)C3=O)o2)ccc1Cl. The summed E-state index contributed by atoms with van der Waals surface area (Å²) in [7, 11) is 0. The lowest BCUT2D eigenvalue weighted by Crippen LogP contribution is -2.35. The normalized spacial score (nSPS) is 14.0. The number of carbonyl (C=O) groups excluding carboxylic acids is 4. The molecule has 0 radical (unpaired) electrons. The molecule has 0 aliphatic carbocycles. The number of carbonyl (C=O) groups is 4. The van der Waals surface area contributed by atoms with Crippen LogP contribution in [0.15, 0.2) is 77.2 Å². The molecule has 1 N–H and O–H groups in total. The Balaban J connectivity index is 1.54. The first-order valence-electron chi connectivity index (χ1n) is 11.1. The van der Waals surface area contributed by atoms with Gasteiger partial charge in [0.15, 0.2) is 0 Å². The van der Waals surface area contributed by atoms with Crippen LogP contribution in [0.5, 0.6) is 0 Å². The van der Waals surface area contributed by atoms with Crippen molar-refractivity contribution in [3.8, 4) is 11.3 Å². The highest BCUT2D eigenvalue weighted by Crippen LogP contribution is 2.29. The lowest BCUT2D eigenvalue weighted by atomic mass is 10.1. The van der Waals surface area contributed by atoms with Gasteiger partial charge < -0.3 is 13.9 Å². The van der Waals surface area contributed by atoms with Crippen LogP contribution < -0.4 is 10.4 Å². The lowest BCUT2D eigenvalue weighted by molar-refractivity contribution is -0.117. The number of nitrogens with zero attached hydrogens (tertiary/aromatic N) is 1. The van der Waals surface area contributed by atoms with Crippen molar-refractivity contribution in [3.63, 3.8) is 0 Å². The summed E-state index contributed by atoms with van der Waals surface area (Å²) in [4.78, 5) is 49.5. The Bertz CT molecular complexity index is 1420. The molecule has 0 atom stereocenters. The number of hydrogen-bond acceptors (Lipinski definition) is 7. The fourth-order valence-corrected chi connectivity index (χ4v) is 3.67. The summed E-state index contributed by atoms with van der Waals surface area (Å²) in [6, 6.07) is 14.0. The van der Waals surface area contributed by atoms with Gasteiger partial charge >= 0.3 is 11.9 Å². The summed E-state index contributed by atoms with van der Waals surface area (Å²) in [6.07, 6.45) is 2.77. The number of nitrogens with one attached hydrogen (secondary N) is 1. The Kier molecular flexibility index (Phi) is 7.55. The van der Waals surface area contributed by atoms with Gasteiger partial charge in [-0.2, -0.15) is 0 Å². The number of hydrazine groups is 1. The first-order valence-corrected chi connectivity index (χ1v) is 11.5. The Labute approximate surface area is 216 Å². The van der Waals surface area contributed by atoms with Gasteiger partial charge in [-0.25, -0.2) is 14.6 Å². The summed E-state index contributed by atoms with van der Waals surface area (Å²) in [6.45, 7) is 5.49. The van der Waals surface area contributed by atoms with Gasteiger partial charge in [0, 0.05) is 5.56 Å².